The van der Waals surface area contributed by atoms with Crippen molar-refractivity contribution in [2.75, 3.05) is 6.54 Å². The molecular weight excluding hydrogens is 210 g/mol. The van der Waals surface area contributed by atoms with Crippen LogP contribution in [0.5, 0.6) is 5.75 Å². The van der Waals surface area contributed by atoms with Gasteiger partial charge in [0.2, 0.25) is 0 Å². The van der Waals surface area contributed by atoms with E-state index in [1.54, 1.807) is 0 Å². The van der Waals surface area contributed by atoms with Crippen molar-refractivity contribution in [2.45, 2.75) is 40.2 Å². The van der Waals surface area contributed by atoms with Gasteiger partial charge < -0.3 is 10.4 Å². The van der Waals surface area contributed by atoms with Crippen LogP contribution in [0.15, 0.2) is 18.2 Å². The van der Waals surface area contributed by atoms with Crippen LogP contribution in [0, 0.1) is 18.3 Å². The highest BCUT2D eigenvalue weighted by Gasteiger charge is 2.44. The SMILES string of the molecule is Cc1ccc(C(C)NCC2CC2(C)C)c(O)c1. The van der Waals surface area contributed by atoms with Gasteiger partial charge in [0.1, 0.15) is 5.75 Å². The third-order valence-electron chi connectivity index (χ3n) is 4.04. The summed E-state index contributed by atoms with van der Waals surface area (Å²) in [4.78, 5) is 0. The Kier molecular flexibility index (Phi) is 3.17. The number of hydrogen-bond acceptors (Lipinski definition) is 2. The maximum atomic E-state index is 9.91. The number of phenols is 1. The zero-order valence-electron chi connectivity index (χ0n) is 11.2. The van der Waals surface area contributed by atoms with Crippen molar-refractivity contribution in [2.24, 2.45) is 11.3 Å². The summed E-state index contributed by atoms with van der Waals surface area (Å²) in [5.74, 6) is 1.19. The molecule has 1 saturated carbocycles. The van der Waals surface area contributed by atoms with Crippen LogP contribution in [0.3, 0.4) is 0 Å². The molecule has 2 rings (SSSR count). The Labute approximate surface area is 104 Å². The number of benzene rings is 1. The number of nitrogens with one attached hydrogen (secondary N) is 1. The molecule has 0 bridgehead atoms. The molecule has 0 aromatic heterocycles. The van der Waals surface area contributed by atoms with E-state index in [-0.39, 0.29) is 6.04 Å². The summed E-state index contributed by atoms with van der Waals surface area (Å²) in [5, 5.41) is 13.4. The average Bonchev–Trinajstić information content (AvgIpc) is 2.83. The molecule has 2 unspecified atom stereocenters. The third kappa shape index (κ3) is 2.81. The van der Waals surface area contributed by atoms with Gasteiger partial charge in [-0.15, -0.1) is 0 Å². The molecule has 2 atom stereocenters. The van der Waals surface area contributed by atoms with Crippen molar-refractivity contribution >= 4 is 0 Å². The lowest BCUT2D eigenvalue weighted by Crippen LogP contribution is -2.22. The molecule has 1 fully saturated rings. The van der Waals surface area contributed by atoms with Gasteiger partial charge in [0, 0.05) is 11.6 Å². The second kappa shape index (κ2) is 4.34. The lowest BCUT2D eigenvalue weighted by Gasteiger charge is -2.16. The Hall–Kier alpha value is -1.02. The molecule has 0 radical (unpaired) electrons. The molecule has 2 N–H and O–H groups in total. The first kappa shape index (κ1) is 12.4. The summed E-state index contributed by atoms with van der Waals surface area (Å²) in [5.41, 5.74) is 2.61. The standard InChI is InChI=1S/C15H23NO/c1-10-5-6-13(14(17)7-10)11(2)16-9-12-8-15(12,3)4/h5-7,11-12,16-17H,8-9H2,1-4H3. The fraction of sp³-hybridized carbons (Fsp3) is 0.600. The van der Waals surface area contributed by atoms with E-state index in [2.05, 4.69) is 26.1 Å². The second-order valence-electron chi connectivity index (χ2n) is 6.08. The maximum absolute atomic E-state index is 9.91. The number of aromatic hydroxyl groups is 1. The maximum Gasteiger partial charge on any atom is 0.120 e. The molecule has 0 spiro atoms. The Bertz CT molecular complexity index is 411. The molecule has 17 heavy (non-hydrogen) atoms. The Balaban J connectivity index is 1.93. The van der Waals surface area contributed by atoms with Crippen molar-refractivity contribution in [1.82, 2.24) is 5.32 Å². The molecule has 1 aliphatic carbocycles. The smallest absolute Gasteiger partial charge is 0.120 e. The molecule has 0 amide bonds. The van der Waals surface area contributed by atoms with E-state index in [0.717, 1.165) is 23.6 Å². The van der Waals surface area contributed by atoms with Crippen LogP contribution in [0.25, 0.3) is 0 Å². The minimum atomic E-state index is 0.215. The van der Waals surface area contributed by atoms with Crippen LogP contribution in [-0.4, -0.2) is 11.7 Å². The van der Waals surface area contributed by atoms with E-state index >= 15 is 0 Å². The van der Waals surface area contributed by atoms with Crippen molar-refractivity contribution in [3.63, 3.8) is 0 Å². The van der Waals surface area contributed by atoms with E-state index in [1.165, 1.54) is 6.42 Å². The lowest BCUT2D eigenvalue weighted by molar-refractivity contribution is 0.442. The molecule has 0 heterocycles. The van der Waals surface area contributed by atoms with E-state index in [1.807, 2.05) is 25.1 Å². The summed E-state index contributed by atoms with van der Waals surface area (Å²) in [6.45, 7) is 9.77. The van der Waals surface area contributed by atoms with Gasteiger partial charge in [0.05, 0.1) is 0 Å². The summed E-state index contributed by atoms with van der Waals surface area (Å²) < 4.78 is 0. The van der Waals surface area contributed by atoms with Gasteiger partial charge in [-0.25, -0.2) is 0 Å². The van der Waals surface area contributed by atoms with Gasteiger partial charge in [0.15, 0.2) is 0 Å². The van der Waals surface area contributed by atoms with E-state index in [9.17, 15) is 5.11 Å². The van der Waals surface area contributed by atoms with Crippen molar-refractivity contribution in [1.29, 1.82) is 0 Å². The second-order valence-corrected chi connectivity index (χ2v) is 6.08. The molecule has 0 aliphatic heterocycles. The van der Waals surface area contributed by atoms with Gasteiger partial charge in [-0.1, -0.05) is 26.0 Å². The Morgan fingerprint density at radius 3 is 2.65 bits per heavy atom. The minimum Gasteiger partial charge on any atom is -0.508 e. The van der Waals surface area contributed by atoms with Crippen LogP contribution in [0.2, 0.25) is 0 Å². The summed E-state index contributed by atoms with van der Waals surface area (Å²) in [7, 11) is 0. The van der Waals surface area contributed by atoms with Gasteiger partial charge in [-0.3, -0.25) is 0 Å². The molecule has 1 aliphatic rings. The highest BCUT2D eigenvalue weighted by Crippen LogP contribution is 2.51. The molecule has 2 heteroatoms. The molecule has 2 nitrogen and oxygen atoms in total. The molecule has 1 aromatic carbocycles. The fourth-order valence-corrected chi connectivity index (χ4v) is 2.37. The van der Waals surface area contributed by atoms with Gasteiger partial charge in [-0.05, 0) is 49.8 Å². The highest BCUT2D eigenvalue weighted by molar-refractivity contribution is 5.37. The first-order chi connectivity index (χ1) is 7.90. The van der Waals surface area contributed by atoms with Gasteiger partial charge >= 0.3 is 0 Å². The van der Waals surface area contributed by atoms with E-state index in [4.69, 9.17) is 0 Å². The summed E-state index contributed by atoms with van der Waals surface area (Å²) in [6, 6.07) is 6.11. The minimum absolute atomic E-state index is 0.215. The topological polar surface area (TPSA) is 32.3 Å². The third-order valence-corrected chi connectivity index (χ3v) is 4.04. The largest absolute Gasteiger partial charge is 0.508 e. The van der Waals surface area contributed by atoms with E-state index in [0.29, 0.717) is 11.2 Å². The van der Waals surface area contributed by atoms with Crippen LogP contribution in [0.1, 0.15) is 44.4 Å². The normalized spacial score (nSPS) is 23.4. The monoisotopic (exact) mass is 233 g/mol. The zero-order valence-corrected chi connectivity index (χ0v) is 11.2. The predicted octanol–water partition coefficient (Wildman–Crippen LogP) is 3.40. The average molecular weight is 233 g/mol. The number of rotatable bonds is 4. The Morgan fingerprint density at radius 1 is 1.47 bits per heavy atom. The first-order valence-corrected chi connectivity index (χ1v) is 6.43. The fourth-order valence-electron chi connectivity index (χ4n) is 2.37. The lowest BCUT2D eigenvalue weighted by atomic mass is 10.0. The molecule has 94 valence electrons. The van der Waals surface area contributed by atoms with Gasteiger partial charge in [0.25, 0.3) is 0 Å². The number of hydrogen-bond donors (Lipinski definition) is 2. The number of phenolic OH excluding ortho intramolecular Hbond substituents is 1. The van der Waals surface area contributed by atoms with E-state index < -0.39 is 0 Å². The zero-order chi connectivity index (χ0) is 12.6. The van der Waals surface area contributed by atoms with Crippen molar-refractivity contribution in [3.05, 3.63) is 29.3 Å². The first-order valence-electron chi connectivity index (χ1n) is 6.43. The predicted molar refractivity (Wildman–Crippen MR) is 71.1 cm³/mol. The van der Waals surface area contributed by atoms with Crippen LogP contribution < -0.4 is 5.32 Å². The summed E-state index contributed by atoms with van der Waals surface area (Å²) >= 11 is 0. The summed E-state index contributed by atoms with van der Waals surface area (Å²) in [6.07, 6.45) is 1.31. The van der Waals surface area contributed by atoms with Crippen LogP contribution in [-0.2, 0) is 0 Å². The highest BCUT2D eigenvalue weighted by atomic mass is 16.3. The van der Waals surface area contributed by atoms with Crippen molar-refractivity contribution in [3.8, 4) is 5.75 Å². The Morgan fingerprint density at radius 2 is 2.12 bits per heavy atom. The molecule has 0 saturated heterocycles. The van der Waals surface area contributed by atoms with Crippen LogP contribution >= 0.6 is 0 Å². The molecular formula is C15H23NO. The molecule has 1 aromatic rings. The quantitative estimate of drug-likeness (QED) is 0.835. The van der Waals surface area contributed by atoms with Crippen LogP contribution in [0.4, 0.5) is 0 Å². The van der Waals surface area contributed by atoms with Crippen molar-refractivity contribution < 1.29 is 5.11 Å². The van der Waals surface area contributed by atoms with Gasteiger partial charge in [-0.2, -0.15) is 0 Å². The number of aryl methyl sites for hydroxylation is 1.